The number of hydrogen-bond donors (Lipinski definition) is 1. The molecular weight excluding hydrogens is 295 g/mol. The van der Waals surface area contributed by atoms with E-state index in [1.165, 1.54) is 12.1 Å². The zero-order valence-corrected chi connectivity index (χ0v) is 11.7. The van der Waals surface area contributed by atoms with Crippen molar-refractivity contribution in [3.8, 4) is 0 Å². The van der Waals surface area contributed by atoms with Gasteiger partial charge in [0.25, 0.3) is 0 Å². The predicted octanol–water partition coefficient (Wildman–Crippen LogP) is 1.35. The second kappa shape index (κ2) is 6.17. The molecule has 0 aliphatic rings. The van der Waals surface area contributed by atoms with Crippen LogP contribution in [0.5, 0.6) is 0 Å². The first-order valence-corrected chi connectivity index (χ1v) is 6.04. The molecule has 0 unspecified atom stereocenters. The molecule has 0 aliphatic carbocycles. The second-order valence-electron chi connectivity index (χ2n) is 4.14. The van der Waals surface area contributed by atoms with E-state index < -0.39 is 23.5 Å². The number of hydrogen-bond acceptors (Lipinski definition) is 6. The number of carbonyl (C=O) groups excluding carboxylic acids is 3. The van der Waals surface area contributed by atoms with Crippen LogP contribution in [0.15, 0.2) is 24.3 Å². The summed E-state index contributed by atoms with van der Waals surface area (Å²) in [6.45, 7) is 0. The number of halogens is 1. The van der Waals surface area contributed by atoms with Gasteiger partial charge in [-0.1, -0.05) is 0 Å². The molecular formula is C14H11FN2O5. The van der Waals surface area contributed by atoms with E-state index >= 15 is 0 Å². The fraction of sp³-hybridized carbons (Fsp3) is 0.143. The van der Waals surface area contributed by atoms with Gasteiger partial charge in [-0.05, 0) is 24.3 Å². The van der Waals surface area contributed by atoms with E-state index in [4.69, 9.17) is 0 Å². The van der Waals surface area contributed by atoms with E-state index in [0.29, 0.717) is 0 Å². The maximum atomic E-state index is 12.9. The van der Waals surface area contributed by atoms with Crippen molar-refractivity contribution in [1.29, 1.82) is 0 Å². The normalized spacial score (nSPS) is 10.1. The molecule has 22 heavy (non-hydrogen) atoms. The van der Waals surface area contributed by atoms with Gasteiger partial charge < -0.3 is 9.47 Å². The highest BCUT2D eigenvalue weighted by molar-refractivity contribution is 6.16. The standard InChI is InChI=1S/C14H11FN2O5/c1-21-13(19)9-10(16-17-11(9)14(20)22-2)12(18)7-3-5-8(15)6-4-7/h3-6H,1-2H3,(H,16,17). The van der Waals surface area contributed by atoms with Crippen molar-refractivity contribution in [2.75, 3.05) is 14.2 Å². The van der Waals surface area contributed by atoms with Crippen LogP contribution in [0.4, 0.5) is 4.39 Å². The van der Waals surface area contributed by atoms with Gasteiger partial charge >= 0.3 is 11.9 Å². The van der Waals surface area contributed by atoms with Crippen molar-refractivity contribution in [1.82, 2.24) is 10.2 Å². The zero-order valence-electron chi connectivity index (χ0n) is 11.7. The van der Waals surface area contributed by atoms with Gasteiger partial charge in [-0.2, -0.15) is 5.10 Å². The fourth-order valence-corrected chi connectivity index (χ4v) is 1.79. The molecule has 114 valence electrons. The third-order valence-corrected chi connectivity index (χ3v) is 2.87. The van der Waals surface area contributed by atoms with Gasteiger partial charge in [0.1, 0.15) is 17.1 Å². The van der Waals surface area contributed by atoms with E-state index in [9.17, 15) is 18.8 Å². The lowest BCUT2D eigenvalue weighted by atomic mass is 10.0. The van der Waals surface area contributed by atoms with Crippen molar-refractivity contribution in [2.45, 2.75) is 0 Å². The molecule has 1 aromatic carbocycles. The molecule has 0 saturated carbocycles. The minimum absolute atomic E-state index is 0.106. The fourth-order valence-electron chi connectivity index (χ4n) is 1.79. The smallest absolute Gasteiger partial charge is 0.357 e. The van der Waals surface area contributed by atoms with Crippen molar-refractivity contribution >= 4 is 17.7 Å². The Morgan fingerprint density at radius 2 is 1.64 bits per heavy atom. The lowest BCUT2D eigenvalue weighted by Gasteiger charge is -2.03. The molecule has 0 spiro atoms. The number of carbonyl (C=O) groups is 3. The van der Waals surface area contributed by atoms with Crippen LogP contribution in [0.25, 0.3) is 0 Å². The van der Waals surface area contributed by atoms with Crippen LogP contribution >= 0.6 is 0 Å². The van der Waals surface area contributed by atoms with E-state index in [-0.39, 0.29) is 22.5 Å². The molecule has 8 heteroatoms. The molecule has 1 aromatic heterocycles. The van der Waals surface area contributed by atoms with Crippen LogP contribution in [0.1, 0.15) is 36.9 Å². The molecule has 0 atom stereocenters. The van der Waals surface area contributed by atoms with Crippen LogP contribution in [-0.4, -0.2) is 42.1 Å². The largest absolute Gasteiger partial charge is 0.465 e. The molecule has 0 amide bonds. The van der Waals surface area contributed by atoms with Crippen LogP contribution in [-0.2, 0) is 9.47 Å². The van der Waals surface area contributed by atoms with Gasteiger partial charge in [-0.3, -0.25) is 9.89 Å². The number of nitrogens with zero attached hydrogens (tertiary/aromatic N) is 1. The number of ether oxygens (including phenoxy) is 2. The number of benzene rings is 1. The van der Waals surface area contributed by atoms with Crippen LogP contribution in [0.2, 0.25) is 0 Å². The highest BCUT2D eigenvalue weighted by atomic mass is 19.1. The lowest BCUT2D eigenvalue weighted by Crippen LogP contribution is -2.14. The molecule has 0 saturated heterocycles. The summed E-state index contributed by atoms with van der Waals surface area (Å²) < 4.78 is 22.0. The average Bonchev–Trinajstić information content (AvgIpc) is 2.98. The molecule has 1 heterocycles. The Labute approximate surface area is 124 Å². The monoisotopic (exact) mass is 306 g/mol. The summed E-state index contributed by atoms with van der Waals surface area (Å²) in [7, 11) is 2.22. The molecule has 7 nitrogen and oxygen atoms in total. The summed E-state index contributed by atoms with van der Waals surface area (Å²) in [6, 6.07) is 4.67. The van der Waals surface area contributed by atoms with Crippen molar-refractivity contribution in [2.24, 2.45) is 0 Å². The number of esters is 2. The van der Waals surface area contributed by atoms with Crippen molar-refractivity contribution in [3.63, 3.8) is 0 Å². The quantitative estimate of drug-likeness (QED) is 0.676. The molecule has 0 aliphatic heterocycles. The summed E-state index contributed by atoms with van der Waals surface area (Å²) >= 11 is 0. The third kappa shape index (κ3) is 2.71. The number of methoxy groups -OCH3 is 2. The summed E-state index contributed by atoms with van der Waals surface area (Å²) in [5.41, 5.74) is -0.822. The number of H-pyrrole nitrogens is 1. The van der Waals surface area contributed by atoms with Crippen molar-refractivity contribution < 1.29 is 28.2 Å². The van der Waals surface area contributed by atoms with Crippen molar-refractivity contribution in [3.05, 3.63) is 52.6 Å². The maximum Gasteiger partial charge on any atom is 0.357 e. The zero-order chi connectivity index (χ0) is 16.3. The summed E-state index contributed by atoms with van der Waals surface area (Å²) in [5.74, 6) is -2.96. The van der Waals surface area contributed by atoms with Gasteiger partial charge in [0.2, 0.25) is 5.78 Å². The SMILES string of the molecule is COC(=O)c1[nH]nc(C(=O)c2ccc(F)cc2)c1C(=O)OC. The Morgan fingerprint density at radius 3 is 2.18 bits per heavy atom. The van der Waals surface area contributed by atoms with Gasteiger partial charge in [0.15, 0.2) is 5.69 Å². The second-order valence-corrected chi connectivity index (χ2v) is 4.14. The van der Waals surface area contributed by atoms with E-state index in [0.717, 1.165) is 26.4 Å². The topological polar surface area (TPSA) is 98.4 Å². The molecule has 2 aromatic rings. The third-order valence-electron chi connectivity index (χ3n) is 2.87. The Kier molecular flexibility index (Phi) is 4.31. The molecule has 2 rings (SSSR count). The minimum atomic E-state index is -0.917. The first-order valence-electron chi connectivity index (χ1n) is 6.04. The first kappa shape index (κ1) is 15.4. The summed E-state index contributed by atoms with van der Waals surface area (Å²) in [4.78, 5) is 35.8. The van der Waals surface area contributed by atoms with E-state index in [2.05, 4.69) is 19.7 Å². The Morgan fingerprint density at radius 1 is 1.05 bits per heavy atom. The number of nitrogens with one attached hydrogen (secondary N) is 1. The maximum absolute atomic E-state index is 12.9. The van der Waals surface area contributed by atoms with E-state index in [1.807, 2.05) is 0 Å². The van der Waals surface area contributed by atoms with Gasteiger partial charge in [-0.15, -0.1) is 0 Å². The Balaban J connectivity index is 2.53. The molecule has 1 N–H and O–H groups in total. The molecule has 0 fully saturated rings. The summed E-state index contributed by atoms with van der Waals surface area (Å²) in [6.07, 6.45) is 0. The Hall–Kier alpha value is -3.03. The number of ketones is 1. The molecule has 0 radical (unpaired) electrons. The van der Waals surface area contributed by atoms with E-state index in [1.54, 1.807) is 0 Å². The lowest BCUT2D eigenvalue weighted by molar-refractivity contribution is 0.0551. The molecule has 0 bridgehead atoms. The number of aromatic nitrogens is 2. The van der Waals surface area contributed by atoms with Gasteiger partial charge in [-0.25, -0.2) is 14.0 Å². The van der Waals surface area contributed by atoms with Crippen LogP contribution in [0.3, 0.4) is 0 Å². The predicted molar refractivity (Wildman–Crippen MR) is 71.1 cm³/mol. The van der Waals surface area contributed by atoms with Gasteiger partial charge in [0.05, 0.1) is 14.2 Å². The average molecular weight is 306 g/mol. The summed E-state index contributed by atoms with van der Waals surface area (Å²) in [5, 5.41) is 5.97. The number of rotatable bonds is 4. The number of aromatic amines is 1. The van der Waals surface area contributed by atoms with Crippen LogP contribution in [0, 0.1) is 5.82 Å². The highest BCUT2D eigenvalue weighted by Gasteiger charge is 2.30. The van der Waals surface area contributed by atoms with Crippen LogP contribution < -0.4 is 0 Å². The van der Waals surface area contributed by atoms with Gasteiger partial charge in [0, 0.05) is 5.56 Å². The first-order chi connectivity index (χ1) is 10.5. The highest BCUT2D eigenvalue weighted by Crippen LogP contribution is 2.18. The minimum Gasteiger partial charge on any atom is -0.465 e. The Bertz CT molecular complexity index is 736.